The van der Waals surface area contributed by atoms with E-state index in [2.05, 4.69) is 15.0 Å². The van der Waals surface area contributed by atoms with Crippen LogP contribution in [0, 0.1) is 0 Å². The third-order valence-corrected chi connectivity index (χ3v) is 5.93. The molecular formula is C25H13Cl2N3O4. The number of rotatable bonds is 4. The minimum atomic E-state index is -1.14. The van der Waals surface area contributed by atoms with E-state index in [1.165, 1.54) is 12.1 Å². The maximum Gasteiger partial charge on any atom is 0.336 e. The fourth-order valence-corrected chi connectivity index (χ4v) is 4.35. The Labute approximate surface area is 202 Å². The van der Waals surface area contributed by atoms with Crippen LogP contribution in [0.15, 0.2) is 66.7 Å². The maximum atomic E-state index is 11.9. The SMILES string of the molecule is O=C(O)c1cc(-c2cccc(-c3cc(C(=O)O)c4c(Cl)cccc4n3)n2)nc2cccc(Cl)c12. The summed E-state index contributed by atoms with van der Waals surface area (Å²) in [5.41, 5.74) is 2.29. The van der Waals surface area contributed by atoms with Gasteiger partial charge in [-0.3, -0.25) is 0 Å². The normalized spacial score (nSPS) is 11.1. The second-order valence-electron chi connectivity index (χ2n) is 7.40. The van der Waals surface area contributed by atoms with Gasteiger partial charge in [0.15, 0.2) is 0 Å². The molecule has 34 heavy (non-hydrogen) atoms. The Balaban J connectivity index is 1.70. The van der Waals surface area contributed by atoms with Gasteiger partial charge in [-0.05, 0) is 48.5 Å². The van der Waals surface area contributed by atoms with Gasteiger partial charge in [0.2, 0.25) is 0 Å². The van der Waals surface area contributed by atoms with Gasteiger partial charge < -0.3 is 10.2 Å². The Morgan fingerprint density at radius 2 is 1.00 bits per heavy atom. The molecule has 166 valence electrons. The van der Waals surface area contributed by atoms with Crippen LogP contribution in [-0.4, -0.2) is 37.1 Å². The third kappa shape index (κ3) is 3.71. The van der Waals surface area contributed by atoms with Gasteiger partial charge in [-0.25, -0.2) is 24.5 Å². The molecule has 0 aliphatic carbocycles. The molecule has 0 amide bonds. The van der Waals surface area contributed by atoms with E-state index in [9.17, 15) is 19.8 Å². The van der Waals surface area contributed by atoms with Gasteiger partial charge in [-0.1, -0.05) is 41.4 Å². The highest BCUT2D eigenvalue weighted by molar-refractivity contribution is 6.37. The summed E-state index contributed by atoms with van der Waals surface area (Å²) in [7, 11) is 0. The molecule has 0 aliphatic heterocycles. The number of carboxylic acid groups (broad SMARTS) is 2. The molecule has 0 saturated heterocycles. The van der Waals surface area contributed by atoms with E-state index in [1.54, 1.807) is 54.6 Å². The van der Waals surface area contributed by atoms with Crippen molar-refractivity contribution in [3.8, 4) is 22.8 Å². The molecule has 3 heterocycles. The molecule has 0 spiro atoms. The Morgan fingerprint density at radius 1 is 0.588 bits per heavy atom. The molecule has 0 radical (unpaired) electrons. The van der Waals surface area contributed by atoms with Crippen molar-refractivity contribution in [3.05, 3.63) is 87.9 Å². The number of benzene rings is 2. The van der Waals surface area contributed by atoms with Crippen LogP contribution in [-0.2, 0) is 0 Å². The standard InChI is InChI=1S/C25H13Cl2N3O4/c26-14-4-1-8-18-22(14)12(24(31)32)10-20(29-18)16-6-3-7-17(28-16)21-11-13(25(33)34)23-15(27)5-2-9-19(23)30-21/h1-11H,(H,31,32)(H,33,34). The van der Waals surface area contributed by atoms with E-state index in [0.717, 1.165) is 0 Å². The number of hydrogen-bond acceptors (Lipinski definition) is 5. The van der Waals surface area contributed by atoms with E-state index < -0.39 is 11.9 Å². The number of carboxylic acids is 2. The second-order valence-corrected chi connectivity index (χ2v) is 8.21. The summed E-state index contributed by atoms with van der Waals surface area (Å²) in [5, 5.41) is 20.7. The lowest BCUT2D eigenvalue weighted by Crippen LogP contribution is -2.03. The molecule has 9 heteroatoms. The predicted molar refractivity (Wildman–Crippen MR) is 130 cm³/mol. The minimum absolute atomic E-state index is 0.00411. The summed E-state index contributed by atoms with van der Waals surface area (Å²) in [6.07, 6.45) is 0. The number of fused-ring (bicyclic) bond motifs is 2. The summed E-state index contributed by atoms with van der Waals surface area (Å²) < 4.78 is 0. The van der Waals surface area contributed by atoms with E-state index >= 15 is 0 Å². The summed E-state index contributed by atoms with van der Waals surface area (Å²) in [5.74, 6) is -2.28. The molecule has 2 aromatic carbocycles. The number of aromatic nitrogens is 3. The number of carbonyl (C=O) groups is 2. The van der Waals surface area contributed by atoms with Crippen LogP contribution in [0.5, 0.6) is 0 Å². The lowest BCUT2D eigenvalue weighted by Gasteiger charge is -2.10. The van der Waals surface area contributed by atoms with Crippen molar-refractivity contribution in [2.75, 3.05) is 0 Å². The molecule has 0 aliphatic rings. The summed E-state index contributed by atoms with van der Waals surface area (Å²) in [6.45, 7) is 0. The zero-order chi connectivity index (χ0) is 24.0. The largest absolute Gasteiger partial charge is 0.478 e. The van der Waals surface area contributed by atoms with Gasteiger partial charge in [-0.15, -0.1) is 0 Å². The van der Waals surface area contributed by atoms with Crippen LogP contribution in [0.25, 0.3) is 44.6 Å². The van der Waals surface area contributed by atoms with Crippen molar-refractivity contribution in [1.29, 1.82) is 0 Å². The van der Waals surface area contributed by atoms with Crippen molar-refractivity contribution >= 4 is 56.9 Å². The van der Waals surface area contributed by atoms with Crippen molar-refractivity contribution in [2.45, 2.75) is 0 Å². The minimum Gasteiger partial charge on any atom is -0.478 e. The van der Waals surface area contributed by atoms with Crippen molar-refractivity contribution in [1.82, 2.24) is 15.0 Å². The lowest BCUT2D eigenvalue weighted by molar-refractivity contribution is 0.0688. The van der Waals surface area contributed by atoms with E-state index in [1.807, 2.05) is 0 Å². The molecule has 0 unspecified atom stereocenters. The van der Waals surface area contributed by atoms with Crippen molar-refractivity contribution < 1.29 is 19.8 Å². The average molecular weight is 490 g/mol. The Bertz CT molecular complexity index is 1530. The molecule has 0 bridgehead atoms. The highest BCUT2D eigenvalue weighted by Crippen LogP contribution is 2.32. The first-order valence-corrected chi connectivity index (χ1v) is 10.7. The molecular weight excluding hydrogens is 477 g/mol. The Hall–Kier alpha value is -4.07. The predicted octanol–water partition coefficient (Wildman–Crippen LogP) is 6.22. The molecule has 0 atom stereocenters. The maximum absolute atomic E-state index is 11.9. The zero-order valence-corrected chi connectivity index (χ0v) is 18.7. The van der Waals surface area contributed by atoms with E-state index in [4.69, 9.17) is 23.2 Å². The molecule has 7 nitrogen and oxygen atoms in total. The van der Waals surface area contributed by atoms with E-state index in [0.29, 0.717) is 44.6 Å². The zero-order valence-electron chi connectivity index (χ0n) is 17.2. The smallest absolute Gasteiger partial charge is 0.336 e. The van der Waals surface area contributed by atoms with E-state index in [-0.39, 0.29) is 21.2 Å². The van der Waals surface area contributed by atoms with Crippen LogP contribution in [0.3, 0.4) is 0 Å². The van der Waals surface area contributed by atoms with Gasteiger partial charge in [-0.2, -0.15) is 0 Å². The first-order chi connectivity index (χ1) is 16.3. The number of pyridine rings is 3. The van der Waals surface area contributed by atoms with Crippen molar-refractivity contribution in [2.24, 2.45) is 0 Å². The second kappa shape index (κ2) is 8.37. The van der Waals surface area contributed by atoms with Gasteiger partial charge in [0, 0.05) is 10.8 Å². The molecule has 0 fully saturated rings. The van der Waals surface area contributed by atoms with Crippen LogP contribution >= 0.6 is 23.2 Å². The molecule has 0 saturated carbocycles. The average Bonchev–Trinajstić information content (AvgIpc) is 2.83. The highest BCUT2D eigenvalue weighted by Gasteiger charge is 2.18. The molecule has 2 N–H and O–H groups in total. The quantitative estimate of drug-likeness (QED) is 0.308. The summed E-state index contributed by atoms with van der Waals surface area (Å²) >= 11 is 12.4. The number of nitrogens with zero attached hydrogens (tertiary/aromatic N) is 3. The fraction of sp³-hybridized carbons (Fsp3) is 0. The van der Waals surface area contributed by atoms with Gasteiger partial charge in [0.25, 0.3) is 0 Å². The van der Waals surface area contributed by atoms with Crippen molar-refractivity contribution in [3.63, 3.8) is 0 Å². The topological polar surface area (TPSA) is 113 Å². The number of hydrogen-bond donors (Lipinski definition) is 2. The highest BCUT2D eigenvalue weighted by atomic mass is 35.5. The number of halogens is 2. The van der Waals surface area contributed by atoms with Crippen LogP contribution in [0.2, 0.25) is 10.0 Å². The summed E-state index contributed by atoms with van der Waals surface area (Å²) in [4.78, 5) is 37.5. The molecule has 5 rings (SSSR count). The molecule has 3 aromatic heterocycles. The first kappa shape index (κ1) is 21.8. The van der Waals surface area contributed by atoms with Gasteiger partial charge >= 0.3 is 11.9 Å². The lowest BCUT2D eigenvalue weighted by atomic mass is 10.0. The van der Waals surface area contributed by atoms with Gasteiger partial charge in [0.05, 0.1) is 55.0 Å². The molecule has 5 aromatic rings. The Kier molecular flexibility index (Phi) is 5.36. The van der Waals surface area contributed by atoms with Gasteiger partial charge in [0.1, 0.15) is 0 Å². The first-order valence-electron chi connectivity index (χ1n) is 9.96. The number of aromatic carboxylic acids is 2. The van der Waals surface area contributed by atoms with Crippen LogP contribution in [0.4, 0.5) is 0 Å². The van der Waals surface area contributed by atoms with Crippen LogP contribution in [0.1, 0.15) is 20.7 Å². The third-order valence-electron chi connectivity index (χ3n) is 5.30. The monoisotopic (exact) mass is 489 g/mol. The Morgan fingerprint density at radius 3 is 1.41 bits per heavy atom. The van der Waals surface area contributed by atoms with Crippen LogP contribution < -0.4 is 0 Å². The fourth-order valence-electron chi connectivity index (χ4n) is 3.81. The summed E-state index contributed by atoms with van der Waals surface area (Å²) in [6, 6.07) is 17.9.